The van der Waals surface area contributed by atoms with E-state index in [-0.39, 0.29) is 17.9 Å². The molecular weight excluding hydrogens is 354 g/mol. The Labute approximate surface area is 156 Å². The molecule has 0 radical (unpaired) electrons. The zero-order valence-electron chi connectivity index (χ0n) is 14.0. The summed E-state index contributed by atoms with van der Waals surface area (Å²) in [6.07, 6.45) is 4.63. The van der Waals surface area contributed by atoms with Gasteiger partial charge in [-0.1, -0.05) is 30.3 Å². The molecule has 3 rings (SSSR count). The maximum atomic E-state index is 12.2. The fraction of sp³-hybridized carbons (Fsp3) is 0.222. The van der Waals surface area contributed by atoms with E-state index in [0.717, 1.165) is 5.56 Å². The van der Waals surface area contributed by atoms with Gasteiger partial charge in [0.05, 0.1) is 23.5 Å². The molecule has 1 aliphatic rings. The lowest BCUT2D eigenvalue weighted by atomic mass is 10.2. The van der Waals surface area contributed by atoms with E-state index in [1.54, 1.807) is 17.0 Å². The van der Waals surface area contributed by atoms with Crippen LogP contribution < -0.4 is 10.6 Å². The van der Waals surface area contributed by atoms with Gasteiger partial charge in [-0.15, -0.1) is 0 Å². The van der Waals surface area contributed by atoms with Gasteiger partial charge in [-0.3, -0.25) is 9.59 Å². The van der Waals surface area contributed by atoms with Crippen molar-refractivity contribution in [1.82, 2.24) is 14.9 Å². The van der Waals surface area contributed by atoms with Crippen LogP contribution in [0.4, 0.5) is 11.6 Å². The quantitative estimate of drug-likeness (QED) is 0.762. The molecule has 134 valence electrons. The molecule has 2 heterocycles. The van der Waals surface area contributed by atoms with Crippen LogP contribution in [0.3, 0.4) is 0 Å². The Balaban J connectivity index is 1.56. The number of carbonyl (C=O) groups is 2. The zero-order valence-corrected chi connectivity index (χ0v) is 14.7. The van der Waals surface area contributed by atoms with Crippen molar-refractivity contribution in [3.8, 4) is 0 Å². The number of halogens is 1. The minimum Gasteiger partial charge on any atom is -0.349 e. The second kappa shape index (κ2) is 7.97. The average molecular weight is 372 g/mol. The van der Waals surface area contributed by atoms with Crippen LogP contribution >= 0.6 is 11.6 Å². The Morgan fingerprint density at radius 3 is 2.65 bits per heavy atom. The van der Waals surface area contributed by atoms with Gasteiger partial charge in [0.15, 0.2) is 0 Å². The molecule has 1 atom stereocenters. The first-order valence-electron chi connectivity index (χ1n) is 8.07. The van der Waals surface area contributed by atoms with Gasteiger partial charge in [0.2, 0.25) is 17.8 Å². The summed E-state index contributed by atoms with van der Waals surface area (Å²) in [5, 5.41) is 6.31. The number of anilines is 2. The molecule has 2 amide bonds. The predicted molar refractivity (Wildman–Crippen MR) is 99.8 cm³/mol. The third kappa shape index (κ3) is 4.58. The van der Waals surface area contributed by atoms with Crippen LogP contribution in [0.25, 0.3) is 0 Å². The highest BCUT2D eigenvalue weighted by atomic mass is 35.5. The molecule has 1 saturated heterocycles. The molecule has 1 aromatic carbocycles. The molecular formula is C18H18ClN5O2. The van der Waals surface area contributed by atoms with E-state index in [4.69, 9.17) is 11.6 Å². The van der Waals surface area contributed by atoms with Crippen molar-refractivity contribution in [1.29, 1.82) is 0 Å². The minimum absolute atomic E-state index is 0.0465. The monoisotopic (exact) mass is 371 g/mol. The standard InChI is InChI=1S/C18H18ClN5O2/c1-2-16(25)22-14-5-3-12(4-6-14)10-24-11-15(7-17(24)26)23-18-20-8-13(19)9-21-18/h2-6,8-9,15H,1,7,10-11H2,(H,22,25)(H,20,21,23). The molecule has 2 N–H and O–H groups in total. The molecule has 0 spiro atoms. The van der Waals surface area contributed by atoms with Gasteiger partial charge in [0, 0.05) is 25.2 Å². The SMILES string of the molecule is C=CC(=O)Nc1ccc(CN2CC(Nc3ncc(Cl)cn3)CC2=O)cc1. The molecule has 1 fully saturated rings. The normalized spacial score (nSPS) is 16.4. The van der Waals surface area contributed by atoms with Crippen LogP contribution in [-0.4, -0.2) is 39.3 Å². The fourth-order valence-corrected chi connectivity index (χ4v) is 2.80. The van der Waals surface area contributed by atoms with Crippen LogP contribution in [0.15, 0.2) is 49.3 Å². The third-order valence-corrected chi connectivity index (χ3v) is 4.14. The lowest BCUT2D eigenvalue weighted by Crippen LogP contribution is -2.28. The highest BCUT2D eigenvalue weighted by molar-refractivity contribution is 6.30. The van der Waals surface area contributed by atoms with Gasteiger partial charge in [0.1, 0.15) is 0 Å². The minimum atomic E-state index is -0.259. The Morgan fingerprint density at radius 2 is 2.00 bits per heavy atom. The second-order valence-corrected chi connectivity index (χ2v) is 6.37. The van der Waals surface area contributed by atoms with Gasteiger partial charge in [0.25, 0.3) is 0 Å². The Hall–Kier alpha value is -2.93. The maximum Gasteiger partial charge on any atom is 0.247 e. The topological polar surface area (TPSA) is 87.2 Å². The first kappa shape index (κ1) is 17.9. The van der Waals surface area contributed by atoms with Crippen molar-refractivity contribution in [3.63, 3.8) is 0 Å². The van der Waals surface area contributed by atoms with Crippen LogP contribution in [0, 0.1) is 0 Å². The number of carbonyl (C=O) groups excluding carboxylic acids is 2. The van der Waals surface area contributed by atoms with Gasteiger partial charge < -0.3 is 15.5 Å². The Morgan fingerprint density at radius 1 is 1.31 bits per heavy atom. The summed E-state index contributed by atoms with van der Waals surface area (Å²) in [5.74, 6) is 0.266. The highest BCUT2D eigenvalue weighted by Gasteiger charge is 2.29. The highest BCUT2D eigenvalue weighted by Crippen LogP contribution is 2.19. The Kier molecular flexibility index (Phi) is 5.48. The summed E-state index contributed by atoms with van der Waals surface area (Å²) in [6, 6.07) is 7.32. The van der Waals surface area contributed by atoms with Crippen molar-refractivity contribution in [2.45, 2.75) is 19.0 Å². The molecule has 7 nitrogen and oxygen atoms in total. The molecule has 8 heteroatoms. The molecule has 2 aromatic rings. The first-order chi connectivity index (χ1) is 12.5. The maximum absolute atomic E-state index is 12.2. The summed E-state index contributed by atoms with van der Waals surface area (Å²) in [6.45, 7) is 4.49. The van der Waals surface area contributed by atoms with E-state index in [0.29, 0.717) is 36.2 Å². The predicted octanol–water partition coefficient (Wildman–Crippen LogP) is 2.47. The number of amides is 2. The van der Waals surface area contributed by atoms with Crippen LogP contribution in [0.2, 0.25) is 5.02 Å². The first-order valence-corrected chi connectivity index (χ1v) is 8.45. The van der Waals surface area contributed by atoms with Crippen LogP contribution in [0.5, 0.6) is 0 Å². The molecule has 26 heavy (non-hydrogen) atoms. The average Bonchev–Trinajstić information content (AvgIpc) is 2.97. The van der Waals surface area contributed by atoms with E-state index in [2.05, 4.69) is 27.2 Å². The number of likely N-dealkylation sites (tertiary alicyclic amines) is 1. The number of hydrogen-bond donors (Lipinski definition) is 2. The van der Waals surface area contributed by atoms with Crippen LogP contribution in [-0.2, 0) is 16.1 Å². The molecule has 1 aromatic heterocycles. The number of rotatable bonds is 6. The van der Waals surface area contributed by atoms with Gasteiger partial charge in [-0.2, -0.15) is 0 Å². The molecule has 0 saturated carbocycles. The molecule has 1 unspecified atom stereocenters. The summed E-state index contributed by atoms with van der Waals surface area (Å²) in [7, 11) is 0. The van der Waals surface area contributed by atoms with Gasteiger partial charge in [-0.25, -0.2) is 9.97 Å². The molecule has 0 aliphatic carbocycles. The van der Waals surface area contributed by atoms with Gasteiger partial charge >= 0.3 is 0 Å². The number of benzene rings is 1. The molecule has 1 aliphatic heterocycles. The lowest BCUT2D eigenvalue weighted by Gasteiger charge is -2.17. The van der Waals surface area contributed by atoms with E-state index in [1.807, 2.05) is 12.1 Å². The van der Waals surface area contributed by atoms with E-state index >= 15 is 0 Å². The van der Waals surface area contributed by atoms with E-state index in [1.165, 1.54) is 18.5 Å². The van der Waals surface area contributed by atoms with Crippen LogP contribution in [0.1, 0.15) is 12.0 Å². The largest absolute Gasteiger partial charge is 0.349 e. The number of nitrogens with zero attached hydrogens (tertiary/aromatic N) is 3. The fourth-order valence-electron chi connectivity index (χ4n) is 2.70. The third-order valence-electron chi connectivity index (χ3n) is 3.95. The van der Waals surface area contributed by atoms with Gasteiger partial charge in [-0.05, 0) is 23.8 Å². The van der Waals surface area contributed by atoms with Crippen molar-refractivity contribution >= 4 is 35.1 Å². The second-order valence-electron chi connectivity index (χ2n) is 5.93. The van der Waals surface area contributed by atoms with Crippen molar-refractivity contribution < 1.29 is 9.59 Å². The lowest BCUT2D eigenvalue weighted by molar-refractivity contribution is -0.128. The summed E-state index contributed by atoms with van der Waals surface area (Å²) in [5.41, 5.74) is 1.67. The van der Waals surface area contributed by atoms with E-state index in [9.17, 15) is 9.59 Å². The summed E-state index contributed by atoms with van der Waals surface area (Å²) in [4.78, 5) is 33.5. The van der Waals surface area contributed by atoms with E-state index < -0.39 is 0 Å². The van der Waals surface area contributed by atoms with Crippen molar-refractivity contribution in [2.24, 2.45) is 0 Å². The molecule has 0 bridgehead atoms. The zero-order chi connectivity index (χ0) is 18.5. The van der Waals surface area contributed by atoms with Crippen molar-refractivity contribution in [3.05, 3.63) is 59.9 Å². The number of hydrogen-bond acceptors (Lipinski definition) is 5. The summed E-state index contributed by atoms with van der Waals surface area (Å²) >= 11 is 5.77. The number of nitrogens with one attached hydrogen (secondary N) is 2. The Bertz CT molecular complexity index is 807. The van der Waals surface area contributed by atoms with Crippen molar-refractivity contribution in [2.75, 3.05) is 17.2 Å². The smallest absolute Gasteiger partial charge is 0.247 e. The number of aromatic nitrogens is 2. The summed E-state index contributed by atoms with van der Waals surface area (Å²) < 4.78 is 0.